The van der Waals surface area contributed by atoms with Crippen LogP contribution in [0.4, 0.5) is 5.69 Å². The molecule has 1 aliphatic heterocycles. The van der Waals surface area contributed by atoms with Crippen LogP contribution in [0.25, 0.3) is 0 Å². The summed E-state index contributed by atoms with van der Waals surface area (Å²) in [6, 6.07) is 7.22. The maximum Gasteiger partial charge on any atom is 0.244 e. The second kappa shape index (κ2) is 7.97. The van der Waals surface area contributed by atoms with Crippen molar-refractivity contribution >= 4 is 17.5 Å². The summed E-state index contributed by atoms with van der Waals surface area (Å²) in [5, 5.41) is 5.98. The van der Waals surface area contributed by atoms with E-state index >= 15 is 0 Å². The first kappa shape index (κ1) is 17.3. The normalized spacial score (nSPS) is 15.4. The molecule has 6 nitrogen and oxygen atoms in total. The highest BCUT2D eigenvalue weighted by Gasteiger charge is 2.31. The zero-order valence-electron chi connectivity index (χ0n) is 14.0. The summed E-state index contributed by atoms with van der Waals surface area (Å²) in [6.45, 7) is 6.14. The molecule has 23 heavy (non-hydrogen) atoms. The van der Waals surface area contributed by atoms with Crippen LogP contribution in [0.3, 0.4) is 0 Å². The predicted molar refractivity (Wildman–Crippen MR) is 89.4 cm³/mol. The Morgan fingerprint density at radius 3 is 2.65 bits per heavy atom. The monoisotopic (exact) mass is 319 g/mol. The fourth-order valence-electron chi connectivity index (χ4n) is 2.61. The lowest BCUT2D eigenvalue weighted by atomic mass is 9.88. The molecule has 2 amide bonds. The first-order valence-corrected chi connectivity index (χ1v) is 7.99. The number of hydrogen-bond acceptors (Lipinski definition) is 4. The van der Waals surface area contributed by atoms with Gasteiger partial charge in [-0.05, 0) is 38.1 Å². The number of carbonyl (C=O) groups is 2. The molecule has 6 heteroatoms. The first-order chi connectivity index (χ1) is 11.1. The summed E-state index contributed by atoms with van der Waals surface area (Å²) in [7, 11) is 1.56. The number of nitrogens with one attached hydrogen (secondary N) is 2. The third-order valence-electron chi connectivity index (χ3n) is 4.32. The molecule has 1 aromatic carbocycles. The van der Waals surface area contributed by atoms with Crippen molar-refractivity contribution in [1.29, 1.82) is 0 Å². The van der Waals surface area contributed by atoms with Crippen molar-refractivity contribution in [1.82, 2.24) is 10.2 Å². The van der Waals surface area contributed by atoms with E-state index in [9.17, 15) is 9.59 Å². The van der Waals surface area contributed by atoms with E-state index in [4.69, 9.17) is 4.74 Å². The highest BCUT2D eigenvalue weighted by Crippen LogP contribution is 2.23. The van der Waals surface area contributed by atoms with Crippen LogP contribution in [0.5, 0.6) is 5.75 Å². The molecule has 1 unspecified atom stereocenters. The smallest absolute Gasteiger partial charge is 0.244 e. The van der Waals surface area contributed by atoms with Gasteiger partial charge < -0.3 is 20.3 Å². The molecule has 0 radical (unpaired) electrons. The van der Waals surface area contributed by atoms with Crippen molar-refractivity contribution < 1.29 is 14.3 Å². The lowest BCUT2D eigenvalue weighted by Gasteiger charge is -2.34. The lowest BCUT2D eigenvalue weighted by Crippen LogP contribution is -2.51. The molecule has 0 aliphatic carbocycles. The number of nitrogens with zero attached hydrogens (tertiary/aromatic N) is 1. The molecule has 1 heterocycles. The number of amides is 2. The Hall–Kier alpha value is -2.08. The molecule has 0 aromatic heterocycles. The molecule has 2 rings (SSSR count). The van der Waals surface area contributed by atoms with E-state index < -0.39 is 0 Å². The second-order valence-corrected chi connectivity index (χ2v) is 5.81. The van der Waals surface area contributed by atoms with Crippen molar-refractivity contribution in [2.45, 2.75) is 13.8 Å². The van der Waals surface area contributed by atoms with Crippen molar-refractivity contribution in [2.75, 3.05) is 38.6 Å². The average Bonchev–Trinajstić information content (AvgIpc) is 2.50. The third-order valence-corrected chi connectivity index (χ3v) is 4.32. The Labute approximate surface area is 137 Å². The third kappa shape index (κ3) is 4.22. The van der Waals surface area contributed by atoms with E-state index in [0.29, 0.717) is 23.9 Å². The van der Waals surface area contributed by atoms with Crippen molar-refractivity contribution in [3.63, 3.8) is 0 Å². The zero-order valence-corrected chi connectivity index (χ0v) is 14.0. The Kier molecular flexibility index (Phi) is 5.98. The predicted octanol–water partition coefficient (Wildman–Crippen LogP) is 1.34. The SMILES string of the molecule is CCN(CC(=O)Nc1ccccc1OC)C(=O)C(C)C1CNC1. The van der Waals surface area contributed by atoms with Crippen LogP contribution in [-0.4, -0.2) is 50.0 Å². The summed E-state index contributed by atoms with van der Waals surface area (Å²) >= 11 is 0. The van der Waals surface area contributed by atoms with Crippen LogP contribution < -0.4 is 15.4 Å². The Balaban J connectivity index is 1.95. The largest absolute Gasteiger partial charge is 0.495 e. The van der Waals surface area contributed by atoms with Gasteiger partial charge in [-0.15, -0.1) is 0 Å². The van der Waals surface area contributed by atoms with Crippen LogP contribution >= 0.6 is 0 Å². The van der Waals surface area contributed by atoms with Gasteiger partial charge in [0.2, 0.25) is 11.8 Å². The van der Waals surface area contributed by atoms with Crippen LogP contribution in [0.15, 0.2) is 24.3 Å². The van der Waals surface area contributed by atoms with Gasteiger partial charge in [-0.25, -0.2) is 0 Å². The number of carbonyl (C=O) groups excluding carboxylic acids is 2. The maximum absolute atomic E-state index is 12.5. The number of likely N-dealkylation sites (N-methyl/N-ethyl adjacent to an activating group) is 1. The van der Waals surface area contributed by atoms with Gasteiger partial charge in [-0.2, -0.15) is 0 Å². The van der Waals surface area contributed by atoms with E-state index in [2.05, 4.69) is 10.6 Å². The fourth-order valence-corrected chi connectivity index (χ4v) is 2.61. The molecule has 1 aromatic rings. The van der Waals surface area contributed by atoms with Crippen LogP contribution in [0, 0.1) is 11.8 Å². The van der Waals surface area contributed by atoms with Crippen LogP contribution in [0.1, 0.15) is 13.8 Å². The number of para-hydroxylation sites is 2. The van der Waals surface area contributed by atoms with Crippen LogP contribution in [-0.2, 0) is 9.59 Å². The van der Waals surface area contributed by atoms with Crippen LogP contribution in [0.2, 0.25) is 0 Å². The highest BCUT2D eigenvalue weighted by molar-refractivity contribution is 5.95. The van der Waals surface area contributed by atoms with Gasteiger partial charge >= 0.3 is 0 Å². The van der Waals surface area contributed by atoms with Gasteiger partial charge in [-0.1, -0.05) is 19.1 Å². The number of hydrogen-bond donors (Lipinski definition) is 2. The van der Waals surface area contributed by atoms with Gasteiger partial charge in [0.1, 0.15) is 5.75 Å². The second-order valence-electron chi connectivity index (χ2n) is 5.81. The van der Waals surface area contributed by atoms with Crippen molar-refractivity contribution in [3.8, 4) is 5.75 Å². The zero-order chi connectivity index (χ0) is 16.8. The molecular weight excluding hydrogens is 294 g/mol. The highest BCUT2D eigenvalue weighted by atomic mass is 16.5. The molecule has 1 aliphatic rings. The Morgan fingerprint density at radius 2 is 2.09 bits per heavy atom. The molecular formula is C17H25N3O3. The molecule has 126 valence electrons. The van der Waals surface area contributed by atoms with Crippen molar-refractivity contribution in [3.05, 3.63) is 24.3 Å². The number of methoxy groups -OCH3 is 1. The molecule has 0 bridgehead atoms. The van der Waals surface area contributed by atoms with E-state index in [-0.39, 0.29) is 24.3 Å². The fraction of sp³-hybridized carbons (Fsp3) is 0.529. The molecule has 2 N–H and O–H groups in total. The average molecular weight is 319 g/mol. The van der Waals surface area contributed by atoms with E-state index in [1.807, 2.05) is 26.0 Å². The standard InChI is InChI=1S/C17H25N3O3/c1-4-20(17(22)12(2)13-9-18-10-13)11-16(21)19-14-7-5-6-8-15(14)23-3/h5-8,12-13,18H,4,9-11H2,1-3H3,(H,19,21). The van der Waals surface area contributed by atoms with Gasteiger partial charge in [0.15, 0.2) is 0 Å². The van der Waals surface area contributed by atoms with E-state index in [1.54, 1.807) is 24.1 Å². The number of anilines is 1. The lowest BCUT2D eigenvalue weighted by molar-refractivity contribution is -0.139. The van der Waals surface area contributed by atoms with Gasteiger partial charge in [0.05, 0.1) is 19.3 Å². The minimum Gasteiger partial charge on any atom is -0.495 e. The van der Waals surface area contributed by atoms with E-state index in [0.717, 1.165) is 13.1 Å². The minimum atomic E-state index is -0.219. The van der Waals surface area contributed by atoms with E-state index in [1.165, 1.54) is 0 Å². The number of ether oxygens (including phenoxy) is 1. The maximum atomic E-state index is 12.5. The van der Waals surface area contributed by atoms with Gasteiger partial charge in [0, 0.05) is 12.5 Å². The quantitative estimate of drug-likeness (QED) is 0.795. The molecule has 1 atom stereocenters. The summed E-state index contributed by atoms with van der Waals surface area (Å²) in [6.07, 6.45) is 0. The van der Waals surface area contributed by atoms with Crippen molar-refractivity contribution in [2.24, 2.45) is 11.8 Å². The molecule has 0 saturated carbocycles. The summed E-state index contributed by atoms with van der Waals surface area (Å²) in [5.74, 6) is 0.728. The topological polar surface area (TPSA) is 70.7 Å². The summed E-state index contributed by atoms with van der Waals surface area (Å²) in [4.78, 5) is 26.4. The number of rotatable bonds is 7. The van der Waals surface area contributed by atoms with Gasteiger partial charge in [-0.3, -0.25) is 9.59 Å². The Bertz CT molecular complexity index is 558. The Morgan fingerprint density at radius 1 is 1.39 bits per heavy atom. The summed E-state index contributed by atoms with van der Waals surface area (Å²) in [5.41, 5.74) is 0.611. The van der Waals surface area contributed by atoms with Gasteiger partial charge in [0.25, 0.3) is 0 Å². The summed E-state index contributed by atoms with van der Waals surface area (Å²) < 4.78 is 5.21. The first-order valence-electron chi connectivity index (χ1n) is 7.99. The minimum absolute atomic E-state index is 0.0363. The molecule has 1 saturated heterocycles. The number of benzene rings is 1. The molecule has 1 fully saturated rings. The molecule has 0 spiro atoms.